The molecule has 80 valence electrons. The Kier molecular flexibility index (Phi) is 3.91. The average molecular weight is 271 g/mol. The van der Waals surface area contributed by atoms with E-state index in [0.717, 1.165) is 0 Å². The van der Waals surface area contributed by atoms with Crippen LogP contribution >= 0.6 is 15.9 Å². The highest BCUT2D eigenvalue weighted by Gasteiger charge is 2.12. The molecule has 1 aromatic rings. The summed E-state index contributed by atoms with van der Waals surface area (Å²) in [6.45, 7) is 3.43. The van der Waals surface area contributed by atoms with Gasteiger partial charge < -0.3 is 9.47 Å². The van der Waals surface area contributed by atoms with E-state index in [0.29, 0.717) is 21.5 Å². The van der Waals surface area contributed by atoms with Crippen LogP contribution < -0.4 is 9.47 Å². The van der Waals surface area contributed by atoms with Gasteiger partial charge in [0, 0.05) is 5.56 Å². The normalized spacial score (nSPS) is 9.53. The predicted molar refractivity (Wildman–Crippen MR) is 61.8 cm³/mol. The lowest BCUT2D eigenvalue weighted by Crippen LogP contribution is -1.98. The quantitative estimate of drug-likeness (QED) is 0.624. The number of methoxy groups -OCH3 is 2. The van der Waals surface area contributed by atoms with E-state index in [-0.39, 0.29) is 5.78 Å². The summed E-state index contributed by atoms with van der Waals surface area (Å²) >= 11 is 3.32. The molecule has 0 saturated carbocycles. The second kappa shape index (κ2) is 4.98. The van der Waals surface area contributed by atoms with Crippen molar-refractivity contribution in [2.45, 2.75) is 0 Å². The number of hydrogen-bond donors (Lipinski definition) is 0. The fourth-order valence-electron chi connectivity index (χ4n) is 1.13. The van der Waals surface area contributed by atoms with Crippen molar-refractivity contribution in [2.24, 2.45) is 0 Å². The van der Waals surface area contributed by atoms with Crippen molar-refractivity contribution in [3.63, 3.8) is 0 Å². The van der Waals surface area contributed by atoms with Crippen molar-refractivity contribution in [3.05, 3.63) is 34.8 Å². The van der Waals surface area contributed by atoms with E-state index in [9.17, 15) is 4.79 Å². The van der Waals surface area contributed by atoms with Crippen molar-refractivity contribution in [1.82, 2.24) is 0 Å². The highest BCUT2D eigenvalue weighted by atomic mass is 79.9. The second-order valence-electron chi connectivity index (χ2n) is 2.76. The molecule has 0 radical (unpaired) electrons. The van der Waals surface area contributed by atoms with Crippen LogP contribution in [0.5, 0.6) is 11.5 Å². The lowest BCUT2D eigenvalue weighted by molar-refractivity contribution is 0.104. The van der Waals surface area contributed by atoms with Gasteiger partial charge in [-0.05, 0) is 34.1 Å². The third-order valence-electron chi connectivity index (χ3n) is 1.92. The molecular formula is C11H11BrO3. The third-order valence-corrected chi connectivity index (χ3v) is 2.70. The van der Waals surface area contributed by atoms with E-state index in [1.807, 2.05) is 0 Å². The fourth-order valence-corrected chi connectivity index (χ4v) is 1.68. The molecule has 1 aromatic carbocycles. The van der Waals surface area contributed by atoms with Gasteiger partial charge >= 0.3 is 0 Å². The highest BCUT2D eigenvalue weighted by Crippen LogP contribution is 2.35. The summed E-state index contributed by atoms with van der Waals surface area (Å²) in [5.41, 5.74) is 0.488. The molecule has 0 spiro atoms. The number of benzene rings is 1. The van der Waals surface area contributed by atoms with Gasteiger partial charge in [0.1, 0.15) is 16.0 Å². The zero-order valence-corrected chi connectivity index (χ0v) is 10.1. The summed E-state index contributed by atoms with van der Waals surface area (Å²) in [7, 11) is 3.06. The molecule has 0 aromatic heterocycles. The van der Waals surface area contributed by atoms with Gasteiger partial charge in [-0.1, -0.05) is 6.58 Å². The van der Waals surface area contributed by atoms with Crippen molar-refractivity contribution in [2.75, 3.05) is 14.2 Å². The molecule has 0 amide bonds. The Bertz CT molecular complexity index is 374. The Balaban J connectivity index is 3.32. The van der Waals surface area contributed by atoms with Gasteiger partial charge in [0.2, 0.25) is 0 Å². The van der Waals surface area contributed by atoms with E-state index in [2.05, 4.69) is 22.5 Å². The zero-order chi connectivity index (χ0) is 11.4. The second-order valence-corrected chi connectivity index (χ2v) is 3.56. The van der Waals surface area contributed by atoms with Crippen LogP contribution in [-0.2, 0) is 0 Å². The first kappa shape index (κ1) is 11.8. The van der Waals surface area contributed by atoms with Crippen LogP contribution in [0.1, 0.15) is 10.4 Å². The van der Waals surface area contributed by atoms with E-state index in [4.69, 9.17) is 9.47 Å². The third kappa shape index (κ3) is 2.39. The first-order valence-electron chi connectivity index (χ1n) is 4.22. The molecule has 0 aliphatic carbocycles. The maximum absolute atomic E-state index is 11.4. The number of rotatable bonds is 4. The molecule has 0 heterocycles. The van der Waals surface area contributed by atoms with Crippen LogP contribution in [-0.4, -0.2) is 20.0 Å². The van der Waals surface area contributed by atoms with Crippen molar-refractivity contribution in [3.8, 4) is 11.5 Å². The molecule has 0 fully saturated rings. The summed E-state index contributed by atoms with van der Waals surface area (Å²) in [6, 6.07) is 3.27. The van der Waals surface area contributed by atoms with Crippen molar-refractivity contribution in [1.29, 1.82) is 0 Å². The monoisotopic (exact) mass is 270 g/mol. The number of allylic oxidation sites excluding steroid dienone is 1. The van der Waals surface area contributed by atoms with Crippen LogP contribution in [0.3, 0.4) is 0 Å². The molecular weight excluding hydrogens is 260 g/mol. The van der Waals surface area contributed by atoms with Crippen LogP contribution in [0, 0.1) is 0 Å². The van der Waals surface area contributed by atoms with Crippen molar-refractivity contribution < 1.29 is 14.3 Å². The van der Waals surface area contributed by atoms with E-state index < -0.39 is 0 Å². The number of hydrogen-bond acceptors (Lipinski definition) is 3. The van der Waals surface area contributed by atoms with E-state index >= 15 is 0 Å². The minimum atomic E-state index is -0.167. The first-order chi connectivity index (χ1) is 7.13. The Hall–Kier alpha value is -1.29. The maximum Gasteiger partial charge on any atom is 0.185 e. The van der Waals surface area contributed by atoms with E-state index in [1.54, 1.807) is 12.1 Å². The van der Waals surface area contributed by atoms with Crippen LogP contribution in [0.4, 0.5) is 0 Å². The molecule has 3 nitrogen and oxygen atoms in total. The number of carbonyl (C=O) groups is 1. The average Bonchev–Trinajstić information content (AvgIpc) is 2.28. The molecule has 0 unspecified atom stereocenters. The molecule has 15 heavy (non-hydrogen) atoms. The van der Waals surface area contributed by atoms with Crippen molar-refractivity contribution >= 4 is 21.7 Å². The fraction of sp³-hybridized carbons (Fsp3) is 0.182. The smallest absolute Gasteiger partial charge is 0.185 e. The van der Waals surface area contributed by atoms with Gasteiger partial charge in [-0.15, -0.1) is 0 Å². The highest BCUT2D eigenvalue weighted by molar-refractivity contribution is 9.10. The summed E-state index contributed by atoms with van der Waals surface area (Å²) < 4.78 is 10.9. The predicted octanol–water partition coefficient (Wildman–Crippen LogP) is 2.84. The Morgan fingerprint density at radius 1 is 1.33 bits per heavy atom. The first-order valence-corrected chi connectivity index (χ1v) is 5.01. The van der Waals surface area contributed by atoms with Crippen LogP contribution in [0.2, 0.25) is 0 Å². The molecule has 4 heteroatoms. The van der Waals surface area contributed by atoms with Crippen LogP contribution in [0.25, 0.3) is 0 Å². The molecule has 1 rings (SSSR count). The number of carbonyl (C=O) groups excluding carboxylic acids is 1. The Labute approximate surface area is 96.8 Å². The summed E-state index contributed by atoms with van der Waals surface area (Å²) in [5.74, 6) is 0.943. The van der Waals surface area contributed by atoms with Gasteiger partial charge in [-0.25, -0.2) is 0 Å². The molecule has 0 aliphatic rings. The van der Waals surface area contributed by atoms with Gasteiger partial charge in [-0.3, -0.25) is 4.79 Å². The van der Waals surface area contributed by atoms with Gasteiger partial charge in [0.15, 0.2) is 5.78 Å². The Morgan fingerprint density at radius 3 is 2.13 bits per heavy atom. The van der Waals surface area contributed by atoms with Gasteiger partial charge in [-0.2, -0.15) is 0 Å². The summed E-state index contributed by atoms with van der Waals surface area (Å²) in [6.07, 6.45) is 1.25. The summed E-state index contributed by atoms with van der Waals surface area (Å²) in [4.78, 5) is 11.4. The maximum atomic E-state index is 11.4. The topological polar surface area (TPSA) is 35.5 Å². The summed E-state index contributed by atoms with van der Waals surface area (Å²) in [5, 5.41) is 0. The molecule has 0 aliphatic heterocycles. The molecule has 0 bridgehead atoms. The molecule has 0 atom stereocenters. The molecule has 0 N–H and O–H groups in total. The zero-order valence-electron chi connectivity index (χ0n) is 8.54. The van der Waals surface area contributed by atoms with Gasteiger partial charge in [0.05, 0.1) is 14.2 Å². The van der Waals surface area contributed by atoms with E-state index in [1.165, 1.54) is 20.3 Å². The van der Waals surface area contributed by atoms with Gasteiger partial charge in [0.25, 0.3) is 0 Å². The minimum Gasteiger partial charge on any atom is -0.495 e. The largest absolute Gasteiger partial charge is 0.495 e. The molecule has 0 saturated heterocycles. The number of ketones is 1. The number of ether oxygens (including phenoxy) is 2. The standard InChI is InChI=1S/C11H11BrO3/c1-4-8(13)7-5-9(14-2)11(12)10(6-7)15-3/h4-6H,1H2,2-3H3. The SMILES string of the molecule is C=CC(=O)c1cc(OC)c(Br)c(OC)c1. The lowest BCUT2D eigenvalue weighted by Gasteiger charge is -2.09. The Morgan fingerprint density at radius 2 is 1.80 bits per heavy atom. The van der Waals surface area contributed by atoms with Crippen LogP contribution in [0.15, 0.2) is 29.3 Å². The minimum absolute atomic E-state index is 0.167. The number of halogens is 1. The lowest BCUT2D eigenvalue weighted by atomic mass is 10.1.